The number of carbonyl (C=O) groups is 1. The standard InChI is InChI=1S/C18H28N4O3S/c1-16-13-19-7-8-21(16)14-18(23)20-9-11-22(12-10-20)26(24,25)15-17-5-3-2-4-6-17/h2-6,16,19H,7-15H2,1H3/t16-/m0/s1. The Bertz CT molecular complexity index is 702. The normalized spacial score (nSPS) is 23.1. The zero-order valence-electron chi connectivity index (χ0n) is 15.3. The molecule has 144 valence electrons. The molecule has 0 saturated carbocycles. The SMILES string of the molecule is C[C@H]1CNCCN1CC(=O)N1CCN(S(=O)(=O)Cc2ccccc2)CC1. The molecule has 1 atom stereocenters. The highest BCUT2D eigenvalue weighted by molar-refractivity contribution is 7.88. The summed E-state index contributed by atoms with van der Waals surface area (Å²) in [6, 6.07) is 9.56. The summed E-state index contributed by atoms with van der Waals surface area (Å²) in [7, 11) is -3.34. The Morgan fingerprint density at radius 3 is 2.46 bits per heavy atom. The second-order valence-corrected chi connectivity index (χ2v) is 9.01. The Kier molecular flexibility index (Phi) is 6.29. The largest absolute Gasteiger partial charge is 0.339 e. The van der Waals surface area contributed by atoms with Crippen LogP contribution >= 0.6 is 0 Å². The quantitative estimate of drug-likeness (QED) is 0.776. The first-order valence-electron chi connectivity index (χ1n) is 9.20. The van der Waals surface area contributed by atoms with Crippen LogP contribution in [0.1, 0.15) is 12.5 Å². The van der Waals surface area contributed by atoms with Gasteiger partial charge in [-0.1, -0.05) is 30.3 Å². The molecule has 2 heterocycles. The van der Waals surface area contributed by atoms with E-state index in [9.17, 15) is 13.2 Å². The summed E-state index contributed by atoms with van der Waals surface area (Å²) in [5.41, 5.74) is 0.790. The minimum Gasteiger partial charge on any atom is -0.339 e. The molecule has 0 aliphatic carbocycles. The lowest BCUT2D eigenvalue weighted by Crippen LogP contribution is -2.56. The zero-order valence-corrected chi connectivity index (χ0v) is 16.1. The van der Waals surface area contributed by atoms with Gasteiger partial charge in [0.05, 0.1) is 12.3 Å². The maximum Gasteiger partial charge on any atom is 0.236 e. The van der Waals surface area contributed by atoms with Gasteiger partial charge in [-0.25, -0.2) is 8.42 Å². The van der Waals surface area contributed by atoms with Crippen molar-refractivity contribution in [3.63, 3.8) is 0 Å². The molecule has 2 aliphatic rings. The van der Waals surface area contributed by atoms with Crippen LogP contribution < -0.4 is 5.32 Å². The van der Waals surface area contributed by atoms with Gasteiger partial charge in [0.25, 0.3) is 0 Å². The Labute approximate surface area is 156 Å². The number of hydrogen-bond acceptors (Lipinski definition) is 5. The average Bonchev–Trinajstić information content (AvgIpc) is 2.64. The van der Waals surface area contributed by atoms with Gasteiger partial charge >= 0.3 is 0 Å². The number of nitrogens with zero attached hydrogens (tertiary/aromatic N) is 3. The van der Waals surface area contributed by atoms with Crippen LogP contribution in [-0.2, 0) is 20.6 Å². The van der Waals surface area contributed by atoms with E-state index >= 15 is 0 Å². The predicted molar refractivity (Wildman–Crippen MR) is 101 cm³/mol. The van der Waals surface area contributed by atoms with Crippen molar-refractivity contribution < 1.29 is 13.2 Å². The van der Waals surface area contributed by atoms with Crippen molar-refractivity contribution in [2.24, 2.45) is 0 Å². The first-order chi connectivity index (χ1) is 12.5. The molecule has 2 saturated heterocycles. The number of hydrogen-bond donors (Lipinski definition) is 1. The van der Waals surface area contributed by atoms with Crippen LogP contribution in [0.15, 0.2) is 30.3 Å². The summed E-state index contributed by atoms with van der Waals surface area (Å²) in [5.74, 6) is 0.110. The van der Waals surface area contributed by atoms with E-state index < -0.39 is 10.0 Å². The van der Waals surface area contributed by atoms with E-state index in [1.54, 1.807) is 4.90 Å². The monoisotopic (exact) mass is 380 g/mol. The van der Waals surface area contributed by atoms with Gasteiger partial charge in [-0.15, -0.1) is 0 Å². The molecular formula is C18H28N4O3S. The first kappa shape index (κ1) is 19.3. The molecule has 0 aromatic heterocycles. The number of rotatable bonds is 5. The number of carbonyl (C=O) groups excluding carboxylic acids is 1. The van der Waals surface area contributed by atoms with Crippen molar-refractivity contribution in [2.45, 2.75) is 18.7 Å². The molecule has 1 aromatic rings. The number of benzene rings is 1. The molecule has 2 aliphatic heterocycles. The van der Waals surface area contributed by atoms with Crippen molar-refractivity contribution in [1.82, 2.24) is 19.4 Å². The molecule has 0 radical (unpaired) electrons. The van der Waals surface area contributed by atoms with Gasteiger partial charge < -0.3 is 10.2 Å². The number of nitrogens with one attached hydrogen (secondary N) is 1. The lowest BCUT2D eigenvalue weighted by molar-refractivity contribution is -0.134. The van der Waals surface area contributed by atoms with E-state index in [-0.39, 0.29) is 11.7 Å². The third kappa shape index (κ3) is 4.82. The molecule has 2 fully saturated rings. The molecule has 1 N–H and O–H groups in total. The summed E-state index contributed by atoms with van der Waals surface area (Å²) in [6.07, 6.45) is 0. The van der Waals surface area contributed by atoms with E-state index in [0.717, 1.165) is 25.2 Å². The van der Waals surface area contributed by atoms with E-state index in [1.807, 2.05) is 30.3 Å². The van der Waals surface area contributed by atoms with Crippen molar-refractivity contribution in [3.8, 4) is 0 Å². The average molecular weight is 381 g/mol. The lowest BCUT2D eigenvalue weighted by atomic mass is 10.2. The molecule has 0 spiro atoms. The van der Waals surface area contributed by atoms with Crippen LogP contribution in [0.3, 0.4) is 0 Å². The third-order valence-corrected chi connectivity index (χ3v) is 7.00. The van der Waals surface area contributed by atoms with Gasteiger partial charge in [0, 0.05) is 51.9 Å². The fourth-order valence-corrected chi connectivity index (χ4v) is 5.00. The third-order valence-electron chi connectivity index (χ3n) is 5.15. The van der Waals surface area contributed by atoms with E-state index in [4.69, 9.17) is 0 Å². The van der Waals surface area contributed by atoms with Crippen LogP contribution in [0.2, 0.25) is 0 Å². The Morgan fingerprint density at radius 1 is 1.12 bits per heavy atom. The van der Waals surface area contributed by atoms with Gasteiger partial charge in [0.1, 0.15) is 0 Å². The molecule has 26 heavy (non-hydrogen) atoms. The fraction of sp³-hybridized carbons (Fsp3) is 0.611. The molecule has 1 amide bonds. The summed E-state index contributed by atoms with van der Waals surface area (Å²) >= 11 is 0. The molecule has 1 aromatic carbocycles. The molecular weight excluding hydrogens is 352 g/mol. The van der Waals surface area contributed by atoms with Gasteiger partial charge in [0.2, 0.25) is 15.9 Å². The van der Waals surface area contributed by atoms with Gasteiger partial charge in [-0.2, -0.15) is 4.31 Å². The topological polar surface area (TPSA) is 73.0 Å². The smallest absolute Gasteiger partial charge is 0.236 e. The molecule has 3 rings (SSSR count). The predicted octanol–water partition coefficient (Wildman–Crippen LogP) is -0.0457. The maximum absolute atomic E-state index is 12.6. The van der Waals surface area contributed by atoms with Crippen molar-refractivity contribution in [2.75, 3.05) is 52.4 Å². The molecule has 0 unspecified atom stereocenters. The number of piperazine rings is 2. The summed E-state index contributed by atoms with van der Waals surface area (Å²) < 4.78 is 26.7. The van der Waals surface area contributed by atoms with Gasteiger partial charge in [-0.3, -0.25) is 9.69 Å². The highest BCUT2D eigenvalue weighted by atomic mass is 32.2. The molecule has 8 heteroatoms. The highest BCUT2D eigenvalue weighted by Crippen LogP contribution is 2.14. The Hall–Kier alpha value is -1.48. The van der Waals surface area contributed by atoms with Crippen LogP contribution in [0, 0.1) is 0 Å². The van der Waals surface area contributed by atoms with Gasteiger partial charge in [-0.05, 0) is 12.5 Å². The van der Waals surface area contributed by atoms with Gasteiger partial charge in [0.15, 0.2) is 0 Å². The maximum atomic E-state index is 12.6. The summed E-state index contributed by atoms with van der Waals surface area (Å²) in [4.78, 5) is 16.5. The van der Waals surface area contributed by atoms with Crippen LogP contribution in [0.5, 0.6) is 0 Å². The van der Waals surface area contributed by atoms with E-state index in [2.05, 4.69) is 17.1 Å². The molecule has 7 nitrogen and oxygen atoms in total. The first-order valence-corrected chi connectivity index (χ1v) is 10.8. The Balaban J connectivity index is 1.51. The van der Waals surface area contributed by atoms with E-state index in [0.29, 0.717) is 38.8 Å². The lowest BCUT2D eigenvalue weighted by Gasteiger charge is -2.37. The van der Waals surface area contributed by atoms with Crippen LogP contribution in [0.4, 0.5) is 0 Å². The van der Waals surface area contributed by atoms with E-state index in [1.165, 1.54) is 4.31 Å². The summed E-state index contributed by atoms with van der Waals surface area (Å²) in [5, 5.41) is 3.32. The second kappa shape index (κ2) is 8.47. The van der Waals surface area contributed by atoms with Crippen molar-refractivity contribution in [3.05, 3.63) is 35.9 Å². The second-order valence-electron chi connectivity index (χ2n) is 7.05. The highest BCUT2D eigenvalue weighted by Gasteiger charge is 2.30. The van der Waals surface area contributed by atoms with Crippen molar-refractivity contribution >= 4 is 15.9 Å². The fourth-order valence-electron chi connectivity index (χ4n) is 3.48. The summed E-state index contributed by atoms with van der Waals surface area (Å²) in [6.45, 7) is 6.89. The zero-order chi connectivity index (χ0) is 18.6. The van der Waals surface area contributed by atoms with Crippen LogP contribution in [-0.4, -0.2) is 86.8 Å². The van der Waals surface area contributed by atoms with Crippen molar-refractivity contribution in [1.29, 1.82) is 0 Å². The minimum absolute atomic E-state index is 0.0140. The molecule has 0 bridgehead atoms. The number of amides is 1. The van der Waals surface area contributed by atoms with Crippen LogP contribution in [0.25, 0.3) is 0 Å². The Morgan fingerprint density at radius 2 is 1.81 bits per heavy atom. The minimum atomic E-state index is -3.34. The number of sulfonamides is 1.